The summed E-state index contributed by atoms with van der Waals surface area (Å²) < 4.78 is 0. The van der Waals surface area contributed by atoms with E-state index in [9.17, 15) is 9.59 Å². The summed E-state index contributed by atoms with van der Waals surface area (Å²) in [5, 5.41) is 45.1. The van der Waals surface area contributed by atoms with E-state index in [1.165, 1.54) is 6.08 Å². The summed E-state index contributed by atoms with van der Waals surface area (Å²) in [5.74, 6) is -2.03. The zero-order chi connectivity index (χ0) is 18.1. The van der Waals surface area contributed by atoms with Crippen LogP contribution in [0.1, 0.15) is 12.8 Å². The van der Waals surface area contributed by atoms with Crippen LogP contribution in [0.3, 0.4) is 0 Å². The third-order valence-corrected chi connectivity index (χ3v) is 2.70. The van der Waals surface area contributed by atoms with Crippen LogP contribution in [-0.4, -0.2) is 94.4 Å². The quantitative estimate of drug-likeness (QED) is 0.217. The first kappa shape index (κ1) is 23.7. The van der Waals surface area contributed by atoms with E-state index in [4.69, 9.17) is 25.5 Å². The largest absolute Gasteiger partial charge is 0.481 e. The Morgan fingerprint density at radius 3 is 1.83 bits per heavy atom. The predicted molar refractivity (Wildman–Crippen MR) is 84.2 cm³/mol. The highest BCUT2D eigenvalue weighted by Gasteiger charge is 2.16. The molecule has 0 aliphatic rings. The molecule has 0 saturated heterocycles. The zero-order valence-electron chi connectivity index (χ0n) is 13.2. The van der Waals surface area contributed by atoms with Crippen molar-refractivity contribution in [2.24, 2.45) is 0 Å². The Hall–Kier alpha value is -1.52. The molecule has 0 bridgehead atoms. The van der Waals surface area contributed by atoms with Gasteiger partial charge in [-0.05, 0) is 6.42 Å². The molecule has 0 saturated carbocycles. The van der Waals surface area contributed by atoms with E-state index in [1.807, 2.05) is 0 Å². The Kier molecular flexibility index (Phi) is 17.4. The van der Waals surface area contributed by atoms with Crippen LogP contribution in [0.15, 0.2) is 12.7 Å². The van der Waals surface area contributed by atoms with Crippen molar-refractivity contribution in [3.05, 3.63) is 12.7 Å². The highest BCUT2D eigenvalue weighted by molar-refractivity contribution is 5.75. The third-order valence-electron chi connectivity index (χ3n) is 2.70. The number of rotatable bonds is 13. The summed E-state index contributed by atoms with van der Waals surface area (Å²) in [6, 6.07) is -0.811. The minimum atomic E-state index is -1.04. The summed E-state index contributed by atoms with van der Waals surface area (Å²) in [5.41, 5.74) is 0. The lowest BCUT2D eigenvalue weighted by atomic mass is 10.1. The van der Waals surface area contributed by atoms with E-state index < -0.39 is 18.0 Å². The number of hydrogen-bond donors (Lipinski definition) is 6. The molecule has 0 rings (SSSR count). The van der Waals surface area contributed by atoms with Gasteiger partial charge in [0.15, 0.2) is 0 Å². The molecule has 23 heavy (non-hydrogen) atoms. The molecule has 0 aliphatic carbocycles. The summed E-state index contributed by atoms with van der Waals surface area (Å²) in [7, 11) is 0. The number of nitrogens with one attached hydrogen (secondary N) is 1. The van der Waals surface area contributed by atoms with Gasteiger partial charge in [0.05, 0.1) is 19.8 Å². The molecule has 6 N–H and O–H groups in total. The van der Waals surface area contributed by atoms with Gasteiger partial charge in [-0.3, -0.25) is 14.5 Å². The summed E-state index contributed by atoms with van der Waals surface area (Å²) >= 11 is 0. The molecule has 0 heterocycles. The first-order valence-corrected chi connectivity index (χ1v) is 7.26. The van der Waals surface area contributed by atoms with E-state index in [-0.39, 0.29) is 32.7 Å². The van der Waals surface area contributed by atoms with Crippen LogP contribution < -0.4 is 5.32 Å². The van der Waals surface area contributed by atoms with Gasteiger partial charge in [-0.25, -0.2) is 0 Å². The second kappa shape index (κ2) is 16.8. The van der Waals surface area contributed by atoms with E-state index in [2.05, 4.69) is 11.9 Å². The minimum Gasteiger partial charge on any atom is -0.481 e. The lowest BCUT2D eigenvalue weighted by Crippen LogP contribution is -2.37. The fourth-order valence-electron chi connectivity index (χ4n) is 1.57. The Morgan fingerprint density at radius 2 is 1.52 bits per heavy atom. The highest BCUT2D eigenvalue weighted by atomic mass is 16.4. The average Bonchev–Trinajstić information content (AvgIpc) is 2.48. The topological polar surface area (TPSA) is 151 Å². The van der Waals surface area contributed by atoms with E-state index in [0.717, 1.165) is 0 Å². The second-order valence-electron chi connectivity index (χ2n) is 4.53. The van der Waals surface area contributed by atoms with Crippen molar-refractivity contribution in [3.63, 3.8) is 0 Å². The van der Waals surface area contributed by atoms with Crippen LogP contribution in [0, 0.1) is 0 Å². The minimum absolute atomic E-state index is 0.0694. The Balaban J connectivity index is 0. The standard InChI is InChI=1S/C8H13NO4.C6H15NO3/c1-2-5-9-6(8(12)13)3-4-7(10)11;8-4-1-7(2-5-9)3-6-10/h2,6,9H,1,3-5H2,(H,10,11)(H,12,13);8-10H,1-6H2/t6-;/m0./s1. The van der Waals surface area contributed by atoms with Gasteiger partial charge in [-0.1, -0.05) is 6.08 Å². The lowest BCUT2D eigenvalue weighted by molar-refractivity contribution is -0.140. The van der Waals surface area contributed by atoms with Crippen molar-refractivity contribution in [1.82, 2.24) is 10.2 Å². The van der Waals surface area contributed by atoms with Crippen molar-refractivity contribution in [2.75, 3.05) is 46.0 Å². The maximum atomic E-state index is 10.5. The van der Waals surface area contributed by atoms with Crippen molar-refractivity contribution >= 4 is 11.9 Å². The monoisotopic (exact) mass is 336 g/mol. The van der Waals surface area contributed by atoms with Crippen molar-refractivity contribution < 1.29 is 35.1 Å². The normalized spacial score (nSPS) is 11.5. The predicted octanol–water partition coefficient (Wildman–Crippen LogP) is -1.65. The third kappa shape index (κ3) is 16.7. The van der Waals surface area contributed by atoms with Gasteiger partial charge in [0, 0.05) is 32.6 Å². The number of aliphatic carboxylic acids is 2. The van der Waals surface area contributed by atoms with E-state index >= 15 is 0 Å². The zero-order valence-corrected chi connectivity index (χ0v) is 13.2. The van der Waals surface area contributed by atoms with Gasteiger partial charge < -0.3 is 30.8 Å². The molecule has 0 amide bonds. The van der Waals surface area contributed by atoms with Crippen molar-refractivity contribution in [1.29, 1.82) is 0 Å². The molecule has 136 valence electrons. The van der Waals surface area contributed by atoms with Crippen molar-refractivity contribution in [3.8, 4) is 0 Å². The van der Waals surface area contributed by atoms with Gasteiger partial charge in [-0.15, -0.1) is 6.58 Å². The average molecular weight is 336 g/mol. The Bertz CT molecular complexity index is 312. The van der Waals surface area contributed by atoms with Crippen LogP contribution in [-0.2, 0) is 9.59 Å². The molecule has 0 radical (unpaired) electrons. The van der Waals surface area contributed by atoms with E-state index in [1.54, 1.807) is 4.90 Å². The SMILES string of the molecule is C=CCN[C@@H](CCC(=O)O)C(=O)O.OCCN(CCO)CCO. The van der Waals surface area contributed by atoms with Crippen LogP contribution in [0.5, 0.6) is 0 Å². The fourth-order valence-corrected chi connectivity index (χ4v) is 1.57. The fraction of sp³-hybridized carbons (Fsp3) is 0.714. The lowest BCUT2D eigenvalue weighted by Gasteiger charge is -2.17. The van der Waals surface area contributed by atoms with Crippen LogP contribution >= 0.6 is 0 Å². The van der Waals surface area contributed by atoms with Gasteiger partial charge in [0.25, 0.3) is 0 Å². The number of carboxylic acid groups (broad SMARTS) is 2. The number of aliphatic hydroxyl groups excluding tert-OH is 3. The summed E-state index contributed by atoms with van der Waals surface area (Å²) in [4.78, 5) is 22.5. The number of hydrogen-bond acceptors (Lipinski definition) is 7. The highest BCUT2D eigenvalue weighted by Crippen LogP contribution is 1.97. The number of nitrogens with zero attached hydrogens (tertiary/aromatic N) is 1. The number of carbonyl (C=O) groups is 2. The van der Waals surface area contributed by atoms with Crippen molar-refractivity contribution in [2.45, 2.75) is 18.9 Å². The summed E-state index contributed by atoms with van der Waals surface area (Å²) in [6.07, 6.45) is 1.45. The molecule has 0 aromatic heterocycles. The Morgan fingerprint density at radius 1 is 1.04 bits per heavy atom. The summed E-state index contributed by atoms with van der Waals surface area (Å²) in [6.45, 7) is 5.53. The molecule has 9 heteroatoms. The van der Waals surface area contributed by atoms with E-state index in [0.29, 0.717) is 26.2 Å². The van der Waals surface area contributed by atoms with Crippen LogP contribution in [0.4, 0.5) is 0 Å². The maximum Gasteiger partial charge on any atom is 0.320 e. The first-order chi connectivity index (χ1) is 10.9. The molecule has 0 unspecified atom stereocenters. The van der Waals surface area contributed by atoms with Crippen LogP contribution in [0.25, 0.3) is 0 Å². The molecule has 0 aliphatic heterocycles. The molecule has 0 aromatic carbocycles. The smallest absolute Gasteiger partial charge is 0.320 e. The van der Waals surface area contributed by atoms with Gasteiger partial charge in [-0.2, -0.15) is 0 Å². The molecule has 0 fully saturated rings. The Labute approximate surface area is 135 Å². The van der Waals surface area contributed by atoms with Gasteiger partial charge >= 0.3 is 11.9 Å². The number of aliphatic hydroxyl groups is 3. The molecule has 9 nitrogen and oxygen atoms in total. The molecule has 1 atom stereocenters. The van der Waals surface area contributed by atoms with Crippen LogP contribution in [0.2, 0.25) is 0 Å². The van der Waals surface area contributed by atoms with Gasteiger partial charge in [0.2, 0.25) is 0 Å². The molecular weight excluding hydrogens is 308 g/mol. The second-order valence-corrected chi connectivity index (χ2v) is 4.53. The first-order valence-electron chi connectivity index (χ1n) is 7.26. The maximum absolute atomic E-state index is 10.5. The van der Waals surface area contributed by atoms with Gasteiger partial charge in [0.1, 0.15) is 6.04 Å². The number of carboxylic acids is 2. The molecule has 0 spiro atoms. The molecule has 0 aromatic rings. The molecular formula is C14H28N2O7.